The lowest BCUT2D eigenvalue weighted by atomic mass is 10.1. The number of ether oxygens (including phenoxy) is 2. The highest BCUT2D eigenvalue weighted by molar-refractivity contribution is 8.00. The van der Waals surface area contributed by atoms with Gasteiger partial charge < -0.3 is 9.47 Å². The molecule has 0 bridgehead atoms. The number of para-hydroxylation sites is 1. The van der Waals surface area contributed by atoms with E-state index in [1.807, 2.05) is 6.07 Å². The van der Waals surface area contributed by atoms with Crippen molar-refractivity contribution in [2.75, 3.05) is 18.6 Å². The third kappa shape index (κ3) is 6.28. The number of hydrogen-bond donors (Lipinski definition) is 0. The Balaban J connectivity index is 1.27. The molecule has 214 valence electrons. The first-order chi connectivity index (χ1) is 20.8. The summed E-state index contributed by atoms with van der Waals surface area (Å²) in [6.07, 6.45) is -0.0960. The average Bonchev–Trinajstić information content (AvgIpc) is 3.31. The number of benzene rings is 3. The lowest BCUT2D eigenvalue weighted by molar-refractivity contribution is -0.121. The number of carbonyl (C=O) groups is 4. The molecule has 11 heteroatoms. The number of nitrogens with zero attached hydrogens (tertiary/aromatic N) is 3. The maximum atomic E-state index is 13.3. The smallest absolute Gasteiger partial charge is 0.338 e. The molecule has 1 aliphatic heterocycles. The van der Waals surface area contributed by atoms with Gasteiger partial charge in [-0.25, -0.2) is 14.7 Å². The quantitative estimate of drug-likeness (QED) is 0.132. The maximum absolute atomic E-state index is 13.3. The van der Waals surface area contributed by atoms with Crippen LogP contribution >= 0.6 is 23.4 Å². The van der Waals surface area contributed by atoms with Gasteiger partial charge in [-0.05, 0) is 54.6 Å². The number of rotatable bonds is 9. The largest absolute Gasteiger partial charge is 0.496 e. The van der Waals surface area contributed by atoms with Gasteiger partial charge in [0.2, 0.25) is 17.6 Å². The predicted molar refractivity (Wildman–Crippen MR) is 160 cm³/mol. The van der Waals surface area contributed by atoms with Crippen molar-refractivity contribution in [3.63, 3.8) is 0 Å². The van der Waals surface area contributed by atoms with Crippen molar-refractivity contribution < 1.29 is 28.7 Å². The normalized spacial score (nSPS) is 14.3. The molecule has 9 nitrogen and oxygen atoms in total. The summed E-state index contributed by atoms with van der Waals surface area (Å²) in [5.41, 5.74) is 2.19. The fraction of sp³-hybridized carbons (Fsp3) is 0.125. The van der Waals surface area contributed by atoms with Crippen molar-refractivity contribution in [2.24, 2.45) is 0 Å². The van der Waals surface area contributed by atoms with Gasteiger partial charge in [-0.1, -0.05) is 53.7 Å². The molecule has 0 spiro atoms. The van der Waals surface area contributed by atoms with E-state index in [1.54, 1.807) is 54.6 Å². The highest BCUT2D eigenvalue weighted by Gasteiger charge is 2.41. The molecule has 1 unspecified atom stereocenters. The van der Waals surface area contributed by atoms with E-state index in [-0.39, 0.29) is 23.2 Å². The van der Waals surface area contributed by atoms with Crippen LogP contribution in [0.25, 0.3) is 11.3 Å². The number of aromatic nitrogens is 1. The zero-order valence-corrected chi connectivity index (χ0v) is 24.2. The Hall–Kier alpha value is -4.98. The molecule has 1 saturated heterocycles. The lowest BCUT2D eigenvalue weighted by Crippen LogP contribution is -2.31. The zero-order valence-electron chi connectivity index (χ0n) is 22.7. The van der Waals surface area contributed by atoms with Crippen molar-refractivity contribution in [2.45, 2.75) is 16.7 Å². The van der Waals surface area contributed by atoms with E-state index in [4.69, 9.17) is 21.1 Å². The SMILES string of the molecule is COc1ccccc1C(=O)COC(=O)c1ccc(N2C(=O)CC(Sc3nc(-c4ccccc4Cl)ccc3C#N)C2=O)cc1. The molecule has 0 N–H and O–H groups in total. The molecular formula is C32H22ClN3O6S. The molecule has 0 saturated carbocycles. The number of thioether (sulfide) groups is 1. The fourth-order valence-electron chi connectivity index (χ4n) is 4.45. The van der Waals surface area contributed by atoms with Gasteiger partial charge in [0.1, 0.15) is 16.8 Å². The second kappa shape index (κ2) is 12.9. The van der Waals surface area contributed by atoms with Crippen LogP contribution in [0.4, 0.5) is 5.69 Å². The van der Waals surface area contributed by atoms with E-state index < -0.39 is 35.4 Å². The van der Waals surface area contributed by atoms with Gasteiger partial charge in [0.15, 0.2) is 6.61 Å². The van der Waals surface area contributed by atoms with Crippen LogP contribution < -0.4 is 9.64 Å². The van der Waals surface area contributed by atoms with Crippen LogP contribution in [0.2, 0.25) is 5.02 Å². The number of hydrogen-bond acceptors (Lipinski definition) is 9. The summed E-state index contributed by atoms with van der Waals surface area (Å²) in [4.78, 5) is 56.9. The van der Waals surface area contributed by atoms with Gasteiger partial charge in [-0.2, -0.15) is 5.26 Å². The number of Topliss-reactive ketones (excluding diaryl/α,β-unsaturated/α-hetero) is 1. The molecule has 43 heavy (non-hydrogen) atoms. The number of halogens is 1. The fourth-order valence-corrected chi connectivity index (χ4v) is 5.78. The van der Waals surface area contributed by atoms with Crippen molar-refractivity contribution in [1.82, 2.24) is 4.98 Å². The Bertz CT molecular complexity index is 1790. The number of carbonyl (C=O) groups excluding carboxylic acids is 4. The van der Waals surface area contributed by atoms with Crippen LogP contribution in [-0.4, -0.2) is 47.5 Å². The first-order valence-electron chi connectivity index (χ1n) is 12.9. The zero-order chi connectivity index (χ0) is 30.5. The van der Waals surface area contributed by atoms with E-state index in [0.717, 1.165) is 16.7 Å². The summed E-state index contributed by atoms with van der Waals surface area (Å²) in [7, 11) is 1.44. The average molecular weight is 612 g/mol. The molecule has 0 aliphatic carbocycles. The summed E-state index contributed by atoms with van der Waals surface area (Å²) in [6.45, 7) is -0.487. The van der Waals surface area contributed by atoms with Gasteiger partial charge in [0.05, 0.1) is 40.4 Å². The summed E-state index contributed by atoms with van der Waals surface area (Å²) in [6, 6.07) is 24.9. The van der Waals surface area contributed by atoms with Crippen molar-refractivity contribution >= 4 is 52.6 Å². The number of anilines is 1. The molecule has 1 aromatic heterocycles. The minimum Gasteiger partial charge on any atom is -0.496 e. The summed E-state index contributed by atoms with van der Waals surface area (Å²) in [5.74, 6) is -1.69. The number of esters is 1. The Kier molecular flexibility index (Phi) is 8.85. The minimum atomic E-state index is -0.806. The monoisotopic (exact) mass is 611 g/mol. The number of imide groups is 1. The van der Waals surface area contributed by atoms with Crippen molar-refractivity contribution in [3.8, 4) is 23.1 Å². The number of methoxy groups -OCH3 is 1. The molecule has 1 aliphatic rings. The van der Waals surface area contributed by atoms with E-state index in [1.165, 1.54) is 31.4 Å². The van der Waals surface area contributed by atoms with Crippen LogP contribution in [0.15, 0.2) is 90.0 Å². The number of ketones is 1. The molecule has 0 radical (unpaired) electrons. The van der Waals surface area contributed by atoms with Crippen molar-refractivity contribution in [3.05, 3.63) is 107 Å². The van der Waals surface area contributed by atoms with Crippen LogP contribution in [-0.2, 0) is 14.3 Å². The molecule has 1 atom stereocenters. The molecule has 2 heterocycles. The summed E-state index contributed by atoms with van der Waals surface area (Å²) in [5, 5.41) is 9.62. The van der Waals surface area contributed by atoms with E-state index >= 15 is 0 Å². The number of pyridine rings is 1. The van der Waals surface area contributed by atoms with Gasteiger partial charge >= 0.3 is 5.97 Å². The topological polar surface area (TPSA) is 127 Å². The van der Waals surface area contributed by atoms with Gasteiger partial charge in [-0.15, -0.1) is 0 Å². The van der Waals surface area contributed by atoms with Crippen molar-refractivity contribution in [1.29, 1.82) is 5.26 Å². The Morgan fingerprint density at radius 3 is 2.47 bits per heavy atom. The molecule has 1 fully saturated rings. The first-order valence-corrected chi connectivity index (χ1v) is 14.2. The first kappa shape index (κ1) is 29.5. The highest BCUT2D eigenvalue weighted by atomic mass is 35.5. The van der Waals surface area contributed by atoms with Crippen LogP contribution in [0.3, 0.4) is 0 Å². The molecule has 3 aromatic carbocycles. The highest BCUT2D eigenvalue weighted by Crippen LogP contribution is 2.36. The van der Waals surface area contributed by atoms with E-state index in [2.05, 4.69) is 11.1 Å². The second-order valence-corrected chi connectivity index (χ2v) is 10.9. The van der Waals surface area contributed by atoms with Crippen LogP contribution in [0.1, 0.15) is 32.7 Å². The Morgan fingerprint density at radius 1 is 1.02 bits per heavy atom. The van der Waals surface area contributed by atoms with Gasteiger partial charge in [0, 0.05) is 17.0 Å². The third-order valence-electron chi connectivity index (χ3n) is 6.59. The predicted octanol–water partition coefficient (Wildman–Crippen LogP) is 5.75. The minimum absolute atomic E-state index is 0.0960. The standard InChI is InChI=1S/C32H22ClN3O6S/c1-41-27-9-5-3-7-23(27)26(37)18-42-32(40)19-10-13-21(14-11-19)36-29(38)16-28(31(36)39)43-30-20(17-34)12-15-25(35-30)22-6-2-4-8-24(22)33/h2-15,28H,16,18H2,1H3. The number of nitriles is 1. The van der Waals surface area contributed by atoms with Crippen LogP contribution in [0, 0.1) is 11.3 Å². The Morgan fingerprint density at radius 2 is 1.74 bits per heavy atom. The number of amides is 2. The lowest BCUT2D eigenvalue weighted by Gasteiger charge is -2.15. The molecular weight excluding hydrogens is 590 g/mol. The Labute approximate surface area is 256 Å². The van der Waals surface area contributed by atoms with E-state index in [9.17, 15) is 24.4 Å². The third-order valence-corrected chi connectivity index (χ3v) is 8.11. The summed E-state index contributed by atoms with van der Waals surface area (Å²) >= 11 is 7.36. The van der Waals surface area contributed by atoms with Gasteiger partial charge in [0.25, 0.3) is 0 Å². The summed E-state index contributed by atoms with van der Waals surface area (Å²) < 4.78 is 10.3. The van der Waals surface area contributed by atoms with Crippen LogP contribution in [0.5, 0.6) is 5.75 Å². The molecule has 5 rings (SSSR count). The van der Waals surface area contributed by atoms with E-state index in [0.29, 0.717) is 32.6 Å². The molecule has 2 amide bonds. The second-order valence-electron chi connectivity index (χ2n) is 9.27. The maximum Gasteiger partial charge on any atom is 0.338 e. The molecule has 4 aromatic rings. The van der Waals surface area contributed by atoms with Gasteiger partial charge in [-0.3, -0.25) is 14.4 Å².